The van der Waals surface area contributed by atoms with E-state index in [-0.39, 0.29) is 23.4 Å². The molecule has 2 fully saturated rings. The highest BCUT2D eigenvalue weighted by atomic mass is 19.4. The fourth-order valence-electron chi connectivity index (χ4n) is 4.70. The second-order valence-corrected chi connectivity index (χ2v) is 7.69. The molecule has 1 amide bonds. The van der Waals surface area contributed by atoms with Crippen LogP contribution >= 0.6 is 0 Å². The molecule has 5 nitrogen and oxygen atoms in total. The van der Waals surface area contributed by atoms with E-state index in [9.17, 15) is 18.0 Å². The number of rotatable bonds is 3. The van der Waals surface area contributed by atoms with Gasteiger partial charge in [0.05, 0.1) is 12.7 Å². The normalized spacial score (nSPS) is 24.6. The lowest BCUT2D eigenvalue weighted by Gasteiger charge is -2.27. The van der Waals surface area contributed by atoms with Gasteiger partial charge in [0.1, 0.15) is 5.75 Å². The van der Waals surface area contributed by atoms with Gasteiger partial charge in [-0.3, -0.25) is 14.7 Å². The largest absolute Gasteiger partial charge is 0.497 e. The van der Waals surface area contributed by atoms with Gasteiger partial charge in [0.2, 0.25) is 0 Å². The maximum absolute atomic E-state index is 13.3. The van der Waals surface area contributed by atoms with Gasteiger partial charge in [0.15, 0.2) is 5.69 Å². The van der Waals surface area contributed by atoms with Gasteiger partial charge >= 0.3 is 6.18 Å². The fraction of sp³-hybridized carbons (Fsp3) is 0.429. The lowest BCUT2D eigenvalue weighted by atomic mass is 9.89. The number of carbonyl (C=O) groups excluding carboxylic acids is 1. The van der Waals surface area contributed by atoms with Gasteiger partial charge in [-0.1, -0.05) is 12.1 Å². The fourth-order valence-corrected chi connectivity index (χ4v) is 4.70. The van der Waals surface area contributed by atoms with Crippen molar-refractivity contribution in [3.05, 3.63) is 59.4 Å². The number of pyridine rings is 1. The number of amides is 1. The summed E-state index contributed by atoms with van der Waals surface area (Å²) < 4.78 is 45.0. The number of methoxy groups -OCH3 is 1. The molecule has 0 aliphatic carbocycles. The van der Waals surface area contributed by atoms with Gasteiger partial charge < -0.3 is 9.64 Å². The number of fused-ring (bicyclic) bond motifs is 1. The number of alkyl halides is 3. The Morgan fingerprint density at radius 2 is 1.86 bits per heavy atom. The number of ether oxygens (including phenoxy) is 1. The summed E-state index contributed by atoms with van der Waals surface area (Å²) in [5.41, 5.74) is -0.382. The predicted molar refractivity (Wildman–Crippen MR) is 100 cm³/mol. The molecule has 4 rings (SSSR count). The van der Waals surface area contributed by atoms with Crippen molar-refractivity contribution >= 4 is 5.91 Å². The summed E-state index contributed by atoms with van der Waals surface area (Å²) in [6, 6.07) is 10.5. The molecule has 0 bridgehead atoms. The van der Waals surface area contributed by atoms with Crippen LogP contribution in [0.4, 0.5) is 13.2 Å². The Morgan fingerprint density at radius 3 is 2.52 bits per heavy atom. The highest BCUT2D eigenvalue weighted by molar-refractivity contribution is 5.95. The van der Waals surface area contributed by atoms with Gasteiger partial charge in [-0.25, -0.2) is 0 Å². The van der Waals surface area contributed by atoms with E-state index in [0.717, 1.165) is 24.1 Å². The molecule has 3 atom stereocenters. The number of nitrogens with zero attached hydrogens (tertiary/aromatic N) is 3. The summed E-state index contributed by atoms with van der Waals surface area (Å²) >= 11 is 0. The SMILES string of the molecule is COc1ccc([C@H]2[C@@H]3CN(C(=O)c4cccnc4C(F)(F)F)C[C@@H]3CN2C)cc1. The number of halogens is 3. The van der Waals surface area contributed by atoms with Gasteiger partial charge in [-0.05, 0) is 42.8 Å². The van der Waals surface area contributed by atoms with Gasteiger partial charge in [-0.15, -0.1) is 0 Å². The number of hydrogen-bond donors (Lipinski definition) is 0. The molecule has 3 heterocycles. The molecule has 29 heavy (non-hydrogen) atoms. The first-order valence-electron chi connectivity index (χ1n) is 9.45. The molecular formula is C21H22F3N3O2. The first-order valence-corrected chi connectivity index (χ1v) is 9.45. The van der Waals surface area contributed by atoms with E-state index in [4.69, 9.17) is 4.74 Å². The first-order chi connectivity index (χ1) is 13.8. The molecule has 2 aliphatic rings. The monoisotopic (exact) mass is 405 g/mol. The van der Waals surface area contributed by atoms with Crippen LogP contribution in [0.25, 0.3) is 0 Å². The summed E-state index contributed by atoms with van der Waals surface area (Å²) in [4.78, 5) is 20.1. The number of hydrogen-bond acceptors (Lipinski definition) is 4. The van der Waals surface area contributed by atoms with Crippen LogP contribution in [0.2, 0.25) is 0 Å². The predicted octanol–water partition coefficient (Wildman–Crippen LogP) is 3.48. The van der Waals surface area contributed by atoms with Crippen molar-refractivity contribution in [1.82, 2.24) is 14.8 Å². The molecule has 0 unspecified atom stereocenters. The summed E-state index contributed by atoms with van der Waals surface area (Å²) in [7, 11) is 3.66. The second-order valence-electron chi connectivity index (χ2n) is 7.69. The number of likely N-dealkylation sites (tertiary alicyclic amines) is 2. The van der Waals surface area contributed by atoms with Crippen LogP contribution in [0, 0.1) is 11.8 Å². The quantitative estimate of drug-likeness (QED) is 0.785. The molecule has 154 valence electrons. The summed E-state index contributed by atoms with van der Waals surface area (Å²) in [6.45, 7) is 1.67. The minimum atomic E-state index is -4.66. The Morgan fingerprint density at radius 1 is 1.14 bits per heavy atom. The van der Waals surface area contributed by atoms with Crippen LogP contribution in [-0.2, 0) is 6.18 Å². The van der Waals surface area contributed by atoms with Crippen LogP contribution in [0.15, 0.2) is 42.6 Å². The van der Waals surface area contributed by atoms with E-state index in [1.54, 1.807) is 12.0 Å². The van der Waals surface area contributed by atoms with Crippen molar-refractivity contribution in [2.45, 2.75) is 12.2 Å². The Labute approximate surface area is 167 Å². The zero-order valence-electron chi connectivity index (χ0n) is 16.2. The Kier molecular flexibility index (Phi) is 4.98. The number of aromatic nitrogens is 1. The maximum Gasteiger partial charge on any atom is 0.434 e. The highest BCUT2D eigenvalue weighted by Gasteiger charge is 2.48. The van der Waals surface area contributed by atoms with Crippen LogP contribution in [0.5, 0.6) is 5.75 Å². The molecule has 1 aromatic carbocycles. The second kappa shape index (κ2) is 7.33. The van der Waals surface area contributed by atoms with Crippen molar-refractivity contribution in [3.63, 3.8) is 0 Å². The molecule has 2 saturated heterocycles. The van der Waals surface area contributed by atoms with Crippen LogP contribution < -0.4 is 4.74 Å². The van der Waals surface area contributed by atoms with Crippen molar-refractivity contribution in [2.75, 3.05) is 33.8 Å². The Bertz CT molecular complexity index is 901. The third-order valence-electron chi connectivity index (χ3n) is 5.95. The molecule has 0 N–H and O–H groups in total. The maximum atomic E-state index is 13.3. The Balaban J connectivity index is 1.56. The number of benzene rings is 1. The molecular weight excluding hydrogens is 383 g/mol. The van der Waals surface area contributed by atoms with Crippen LogP contribution in [0.1, 0.15) is 27.7 Å². The van der Waals surface area contributed by atoms with E-state index < -0.39 is 17.8 Å². The number of carbonyl (C=O) groups is 1. The summed E-state index contributed by atoms with van der Waals surface area (Å²) in [5, 5.41) is 0. The van der Waals surface area contributed by atoms with Crippen molar-refractivity contribution in [2.24, 2.45) is 11.8 Å². The molecule has 0 spiro atoms. The molecule has 2 aromatic rings. The smallest absolute Gasteiger partial charge is 0.434 e. The summed E-state index contributed by atoms with van der Waals surface area (Å²) in [6.07, 6.45) is -3.60. The van der Waals surface area contributed by atoms with Crippen molar-refractivity contribution in [3.8, 4) is 5.75 Å². The van der Waals surface area contributed by atoms with Crippen LogP contribution in [0.3, 0.4) is 0 Å². The van der Waals surface area contributed by atoms with E-state index in [1.165, 1.54) is 12.1 Å². The molecule has 0 saturated carbocycles. The van der Waals surface area contributed by atoms with Crippen molar-refractivity contribution in [1.29, 1.82) is 0 Å². The zero-order valence-corrected chi connectivity index (χ0v) is 16.2. The minimum absolute atomic E-state index is 0.111. The molecule has 8 heteroatoms. The molecule has 0 radical (unpaired) electrons. The third-order valence-corrected chi connectivity index (χ3v) is 5.95. The van der Waals surface area contributed by atoms with E-state index >= 15 is 0 Å². The van der Waals surface area contributed by atoms with Gasteiger partial charge in [-0.2, -0.15) is 13.2 Å². The van der Waals surface area contributed by atoms with Gasteiger partial charge in [0.25, 0.3) is 5.91 Å². The lowest BCUT2D eigenvalue weighted by molar-refractivity contribution is -0.141. The molecule has 1 aromatic heterocycles. The third kappa shape index (κ3) is 3.57. The van der Waals surface area contributed by atoms with E-state index in [0.29, 0.717) is 13.1 Å². The molecule has 2 aliphatic heterocycles. The minimum Gasteiger partial charge on any atom is -0.497 e. The van der Waals surface area contributed by atoms with Gasteiger partial charge in [0, 0.05) is 37.8 Å². The summed E-state index contributed by atoms with van der Waals surface area (Å²) in [5.74, 6) is 0.562. The standard InChI is InChI=1S/C21H22F3N3O2/c1-26-10-14-11-27(20(28)16-4-3-9-25-19(16)21(22,23)24)12-17(14)18(26)13-5-7-15(29-2)8-6-13/h3-9,14,17-18H,10-12H2,1-2H3/t14-,17+,18-/m0/s1. The average molecular weight is 405 g/mol. The van der Waals surface area contributed by atoms with E-state index in [2.05, 4.69) is 9.88 Å². The Hall–Kier alpha value is -2.61. The van der Waals surface area contributed by atoms with E-state index in [1.807, 2.05) is 31.3 Å². The highest BCUT2D eigenvalue weighted by Crippen LogP contribution is 2.44. The van der Waals surface area contributed by atoms with Crippen molar-refractivity contribution < 1.29 is 22.7 Å². The zero-order chi connectivity index (χ0) is 20.8. The topological polar surface area (TPSA) is 45.7 Å². The van der Waals surface area contributed by atoms with Crippen LogP contribution in [-0.4, -0.2) is 54.5 Å². The average Bonchev–Trinajstić information content (AvgIpc) is 3.23. The first kappa shape index (κ1) is 19.7. The lowest BCUT2D eigenvalue weighted by Crippen LogP contribution is -2.34.